The van der Waals surface area contributed by atoms with Crippen molar-refractivity contribution >= 4 is 81.3 Å². The number of anilines is 3. The van der Waals surface area contributed by atoms with E-state index in [-0.39, 0.29) is 0 Å². The minimum Gasteiger partial charge on any atom is -0.456 e. The number of rotatable bonds is 6. The van der Waals surface area contributed by atoms with Gasteiger partial charge >= 0.3 is 0 Å². The van der Waals surface area contributed by atoms with Crippen LogP contribution in [0.1, 0.15) is 0 Å². The van der Waals surface area contributed by atoms with Crippen LogP contribution in [0.15, 0.2) is 205 Å². The molecule has 0 fully saturated rings. The molecule has 9 aromatic carbocycles. The Hall–Kier alpha value is -6.94. The first kappa shape index (κ1) is 31.6. The van der Waals surface area contributed by atoms with Crippen LogP contribution in [0.4, 0.5) is 17.1 Å². The number of hydrogen-bond donors (Lipinski definition) is 0. The van der Waals surface area contributed by atoms with E-state index in [0.717, 1.165) is 50.1 Å². The summed E-state index contributed by atoms with van der Waals surface area (Å²) in [5, 5.41) is 7.30. The van der Waals surface area contributed by atoms with Gasteiger partial charge in [-0.3, -0.25) is 0 Å². The molecule has 0 N–H and O–H groups in total. The molecule has 2 heterocycles. The maximum atomic E-state index is 6.25. The van der Waals surface area contributed by atoms with Crippen LogP contribution in [0.5, 0.6) is 0 Å². The molecule has 0 unspecified atom stereocenters. The van der Waals surface area contributed by atoms with Crippen molar-refractivity contribution in [2.75, 3.05) is 4.90 Å². The smallest absolute Gasteiger partial charge is 0.135 e. The van der Waals surface area contributed by atoms with Crippen molar-refractivity contribution in [2.45, 2.75) is 0 Å². The first-order valence-corrected chi connectivity index (χ1v) is 19.5. The van der Waals surface area contributed by atoms with Gasteiger partial charge in [0.1, 0.15) is 11.2 Å². The average Bonchev–Trinajstić information content (AvgIpc) is 3.82. The van der Waals surface area contributed by atoms with E-state index >= 15 is 0 Å². The molecule has 0 aliphatic rings. The fraction of sp³-hybridized carbons (Fsp3) is 0. The summed E-state index contributed by atoms with van der Waals surface area (Å²) in [6.07, 6.45) is 0. The SMILES string of the molecule is c1cc(-c2ccc3sc4ccccc4c3c2)cc(N(c2ccccc2-c2ccc3oc4ccccc4c3c2)c2ccccc2-c2cccc3ccccc23)c1. The number of para-hydroxylation sites is 3. The molecule has 3 heteroatoms. The van der Waals surface area contributed by atoms with Crippen molar-refractivity contribution in [3.8, 4) is 33.4 Å². The van der Waals surface area contributed by atoms with Crippen molar-refractivity contribution in [1.29, 1.82) is 0 Å². The molecule has 0 aliphatic heterocycles. The second-order valence-corrected chi connectivity index (χ2v) is 15.1. The maximum Gasteiger partial charge on any atom is 0.135 e. The first-order valence-electron chi connectivity index (χ1n) is 18.7. The molecule has 0 spiro atoms. The lowest BCUT2D eigenvalue weighted by Gasteiger charge is -2.30. The van der Waals surface area contributed by atoms with Crippen LogP contribution in [0.3, 0.4) is 0 Å². The summed E-state index contributed by atoms with van der Waals surface area (Å²) in [5.74, 6) is 0. The molecule has 0 amide bonds. The summed E-state index contributed by atoms with van der Waals surface area (Å²) in [7, 11) is 0. The van der Waals surface area contributed by atoms with Crippen LogP contribution in [-0.4, -0.2) is 0 Å². The Kier molecular flexibility index (Phi) is 7.39. The van der Waals surface area contributed by atoms with E-state index in [9.17, 15) is 0 Å². The van der Waals surface area contributed by atoms with Crippen LogP contribution in [0, 0.1) is 0 Å². The van der Waals surface area contributed by atoms with Crippen LogP contribution in [-0.2, 0) is 0 Å². The van der Waals surface area contributed by atoms with Crippen molar-refractivity contribution in [2.24, 2.45) is 0 Å². The molecule has 55 heavy (non-hydrogen) atoms. The summed E-state index contributed by atoms with van der Waals surface area (Å²) < 4.78 is 8.88. The second kappa shape index (κ2) is 12.9. The highest BCUT2D eigenvalue weighted by molar-refractivity contribution is 7.25. The van der Waals surface area contributed by atoms with E-state index in [2.05, 4.69) is 193 Å². The molecule has 2 aromatic heterocycles. The Morgan fingerprint density at radius 2 is 0.945 bits per heavy atom. The largest absolute Gasteiger partial charge is 0.456 e. The van der Waals surface area contributed by atoms with Gasteiger partial charge in [0.2, 0.25) is 0 Å². The Morgan fingerprint density at radius 1 is 0.345 bits per heavy atom. The number of thiophene rings is 1. The Bertz CT molecular complexity index is 3240. The van der Waals surface area contributed by atoms with Gasteiger partial charge in [-0.25, -0.2) is 0 Å². The fourth-order valence-corrected chi connectivity index (χ4v) is 9.39. The monoisotopic (exact) mass is 719 g/mol. The zero-order chi connectivity index (χ0) is 36.3. The third-order valence-corrected chi connectivity index (χ3v) is 12.0. The average molecular weight is 720 g/mol. The standard InChI is InChI=1S/C52H33NOS/c1-2-17-39-34(13-1)14-12-22-41(39)42-19-4-8-24-48(42)53(38-16-11-15-35(31-38)36-28-30-52-46(32-36)44-21-6-10-26-51(44)55-52)47-23-7-3-18-40(47)37-27-29-50-45(33-37)43-20-5-9-25-49(43)54-50/h1-33H. The van der Waals surface area contributed by atoms with Gasteiger partial charge < -0.3 is 9.32 Å². The van der Waals surface area contributed by atoms with Gasteiger partial charge in [0.05, 0.1) is 11.4 Å². The highest BCUT2D eigenvalue weighted by Crippen LogP contribution is 2.47. The van der Waals surface area contributed by atoms with Gasteiger partial charge in [0.25, 0.3) is 0 Å². The van der Waals surface area contributed by atoms with Gasteiger partial charge in [-0.05, 0) is 93.7 Å². The van der Waals surface area contributed by atoms with E-state index in [1.54, 1.807) is 0 Å². The van der Waals surface area contributed by atoms with Crippen LogP contribution >= 0.6 is 11.3 Å². The molecule has 0 radical (unpaired) electrons. The number of benzene rings is 9. The van der Waals surface area contributed by atoms with Crippen LogP contribution in [0.2, 0.25) is 0 Å². The number of nitrogens with zero attached hydrogens (tertiary/aromatic N) is 1. The molecule has 0 atom stereocenters. The molecule has 11 aromatic rings. The summed E-state index contributed by atoms with van der Waals surface area (Å²) >= 11 is 1.86. The van der Waals surface area contributed by atoms with Gasteiger partial charge in [0.15, 0.2) is 0 Å². The van der Waals surface area contributed by atoms with Gasteiger partial charge in [-0.15, -0.1) is 11.3 Å². The maximum absolute atomic E-state index is 6.25. The molecule has 0 bridgehead atoms. The molecule has 258 valence electrons. The van der Waals surface area contributed by atoms with E-state index in [1.165, 1.54) is 53.2 Å². The number of furan rings is 1. The molecule has 0 aliphatic carbocycles. The molecular formula is C52H33NOS. The van der Waals surface area contributed by atoms with Gasteiger partial charge in [0, 0.05) is 47.8 Å². The van der Waals surface area contributed by atoms with Crippen molar-refractivity contribution < 1.29 is 4.42 Å². The minimum atomic E-state index is 0.892. The van der Waals surface area contributed by atoms with E-state index in [0.29, 0.717) is 0 Å². The minimum absolute atomic E-state index is 0.892. The van der Waals surface area contributed by atoms with Crippen molar-refractivity contribution in [3.05, 3.63) is 200 Å². The Morgan fingerprint density at radius 3 is 1.85 bits per heavy atom. The summed E-state index contributed by atoms with van der Waals surface area (Å²) in [6, 6.07) is 72.4. The molecule has 0 saturated carbocycles. The third kappa shape index (κ3) is 5.32. The molecular weight excluding hydrogens is 687 g/mol. The van der Waals surface area contributed by atoms with Crippen molar-refractivity contribution in [1.82, 2.24) is 0 Å². The van der Waals surface area contributed by atoms with E-state index < -0.39 is 0 Å². The lowest BCUT2D eigenvalue weighted by molar-refractivity contribution is 0.669. The molecule has 11 rings (SSSR count). The highest BCUT2D eigenvalue weighted by atomic mass is 32.1. The lowest BCUT2D eigenvalue weighted by Crippen LogP contribution is -2.12. The first-order chi connectivity index (χ1) is 27.3. The highest BCUT2D eigenvalue weighted by Gasteiger charge is 2.22. The number of fused-ring (bicyclic) bond motifs is 7. The van der Waals surface area contributed by atoms with Gasteiger partial charge in [-0.2, -0.15) is 0 Å². The zero-order valence-electron chi connectivity index (χ0n) is 29.8. The topological polar surface area (TPSA) is 16.4 Å². The fourth-order valence-electron chi connectivity index (χ4n) is 8.30. The Labute approximate surface area is 322 Å². The number of hydrogen-bond acceptors (Lipinski definition) is 3. The Balaban J connectivity index is 1.14. The summed E-state index contributed by atoms with van der Waals surface area (Å²) in [5.41, 5.74) is 12.1. The quantitative estimate of drug-likeness (QED) is 0.170. The normalized spacial score (nSPS) is 11.6. The zero-order valence-corrected chi connectivity index (χ0v) is 30.6. The van der Waals surface area contributed by atoms with Crippen LogP contribution < -0.4 is 4.90 Å². The van der Waals surface area contributed by atoms with E-state index in [4.69, 9.17) is 4.42 Å². The summed E-state index contributed by atoms with van der Waals surface area (Å²) in [6.45, 7) is 0. The molecule has 2 nitrogen and oxygen atoms in total. The lowest BCUT2D eigenvalue weighted by atomic mass is 9.94. The summed E-state index contributed by atoms with van der Waals surface area (Å²) in [4.78, 5) is 2.45. The second-order valence-electron chi connectivity index (χ2n) is 14.1. The predicted octanol–water partition coefficient (Wildman–Crippen LogP) is 15.6. The molecule has 0 saturated heterocycles. The predicted molar refractivity (Wildman–Crippen MR) is 235 cm³/mol. The van der Waals surface area contributed by atoms with E-state index in [1.807, 2.05) is 23.5 Å². The third-order valence-electron chi connectivity index (χ3n) is 10.9. The van der Waals surface area contributed by atoms with Crippen molar-refractivity contribution in [3.63, 3.8) is 0 Å². The van der Waals surface area contributed by atoms with Crippen LogP contribution in [0.25, 0.3) is 86.3 Å². The van der Waals surface area contributed by atoms with Gasteiger partial charge in [-0.1, -0.05) is 140 Å².